The highest BCUT2D eigenvalue weighted by Crippen LogP contribution is 2.43. The molecule has 8 nitrogen and oxygen atoms in total. The van der Waals surface area contributed by atoms with Crippen LogP contribution in [-0.4, -0.2) is 49.9 Å². The Kier molecular flexibility index (Phi) is 35.0. The van der Waals surface area contributed by atoms with Crippen LogP contribution in [0.5, 0.6) is 0 Å². The molecule has 0 aliphatic rings. The van der Waals surface area contributed by atoms with Gasteiger partial charge in [0, 0.05) is 19.6 Å². The third kappa shape index (κ3) is 34.6. The van der Waals surface area contributed by atoms with Gasteiger partial charge in [-0.15, -0.1) is 0 Å². The molecule has 0 aromatic heterocycles. The van der Waals surface area contributed by atoms with Crippen LogP contribution < -0.4 is 5.73 Å². The molecule has 0 aromatic rings. The maximum Gasteiger partial charge on any atom is 0.472 e. The minimum atomic E-state index is -4.25. The molecule has 0 rings (SSSR count). The van der Waals surface area contributed by atoms with Gasteiger partial charge in [-0.05, 0) is 38.5 Å². The molecule has 274 valence electrons. The van der Waals surface area contributed by atoms with Crippen LogP contribution in [-0.2, 0) is 27.9 Å². The van der Waals surface area contributed by atoms with Crippen LogP contribution >= 0.6 is 7.82 Å². The van der Waals surface area contributed by atoms with Crippen molar-refractivity contribution in [2.24, 2.45) is 5.73 Å². The number of rotatable bonds is 37. The van der Waals surface area contributed by atoms with Gasteiger partial charge in [0.1, 0.15) is 6.10 Å². The molecule has 0 saturated heterocycles. The quantitative estimate of drug-likeness (QED) is 0.0289. The predicted molar refractivity (Wildman–Crippen MR) is 192 cm³/mol. The zero-order valence-electron chi connectivity index (χ0n) is 30.1. The van der Waals surface area contributed by atoms with E-state index in [0.29, 0.717) is 13.0 Å². The van der Waals surface area contributed by atoms with Gasteiger partial charge in [0.25, 0.3) is 0 Å². The van der Waals surface area contributed by atoms with Gasteiger partial charge >= 0.3 is 13.8 Å². The molecule has 0 aromatic carbocycles. The Morgan fingerprint density at radius 3 is 1.59 bits per heavy atom. The molecule has 0 bridgehead atoms. The number of ether oxygens (including phenoxy) is 2. The average Bonchev–Trinajstić information content (AvgIpc) is 3.04. The number of hydrogen-bond acceptors (Lipinski definition) is 7. The molecule has 0 saturated carbocycles. The Morgan fingerprint density at radius 1 is 0.630 bits per heavy atom. The van der Waals surface area contributed by atoms with Crippen molar-refractivity contribution in [3.63, 3.8) is 0 Å². The van der Waals surface area contributed by atoms with E-state index in [1.807, 2.05) is 0 Å². The molecule has 0 heterocycles. The molecule has 0 aliphatic carbocycles. The highest BCUT2D eigenvalue weighted by molar-refractivity contribution is 7.47. The molecular weight excluding hydrogens is 601 g/mol. The van der Waals surface area contributed by atoms with Gasteiger partial charge in [0.05, 0.1) is 19.8 Å². The largest absolute Gasteiger partial charge is 0.472 e. The van der Waals surface area contributed by atoms with Gasteiger partial charge < -0.3 is 20.1 Å². The number of unbranched alkanes of at least 4 members (excludes halogenated alkanes) is 22. The summed E-state index contributed by atoms with van der Waals surface area (Å²) in [6.45, 7) is 4.84. The van der Waals surface area contributed by atoms with Gasteiger partial charge in [-0.3, -0.25) is 13.8 Å². The first-order chi connectivity index (χ1) is 22.4. The Morgan fingerprint density at radius 2 is 1.09 bits per heavy atom. The summed E-state index contributed by atoms with van der Waals surface area (Å²) in [4.78, 5) is 22.1. The highest BCUT2D eigenvalue weighted by Gasteiger charge is 2.25. The van der Waals surface area contributed by atoms with Crippen molar-refractivity contribution in [3.05, 3.63) is 12.2 Å². The molecule has 2 atom stereocenters. The van der Waals surface area contributed by atoms with E-state index in [1.54, 1.807) is 0 Å². The van der Waals surface area contributed by atoms with E-state index in [-0.39, 0.29) is 32.3 Å². The third-order valence-electron chi connectivity index (χ3n) is 8.18. The summed E-state index contributed by atoms with van der Waals surface area (Å²) in [5, 5.41) is 0. The lowest BCUT2D eigenvalue weighted by Crippen LogP contribution is -2.28. The SMILES string of the molecule is CCCCCCCCCC/C=C\CCCCCCCCCCCCOCC(COP(=O)(O)OCCN)OC(=O)CCCCCCC. The average molecular weight is 676 g/mol. The van der Waals surface area contributed by atoms with Crippen molar-refractivity contribution < 1.29 is 32.8 Å². The van der Waals surface area contributed by atoms with E-state index >= 15 is 0 Å². The number of hydrogen-bond donors (Lipinski definition) is 2. The second kappa shape index (κ2) is 35.5. The van der Waals surface area contributed by atoms with E-state index in [2.05, 4.69) is 26.0 Å². The van der Waals surface area contributed by atoms with E-state index in [4.69, 9.17) is 24.3 Å². The lowest BCUT2D eigenvalue weighted by atomic mass is 10.1. The summed E-state index contributed by atoms with van der Waals surface area (Å²) < 4.78 is 33.0. The summed E-state index contributed by atoms with van der Waals surface area (Å²) in [5.41, 5.74) is 5.33. The number of phosphoric ester groups is 1. The molecule has 0 radical (unpaired) electrons. The monoisotopic (exact) mass is 676 g/mol. The van der Waals surface area contributed by atoms with E-state index in [9.17, 15) is 14.3 Å². The molecule has 0 fully saturated rings. The van der Waals surface area contributed by atoms with Crippen LogP contribution in [0.2, 0.25) is 0 Å². The lowest BCUT2D eigenvalue weighted by Gasteiger charge is -2.20. The second-order valence-corrected chi connectivity index (χ2v) is 14.2. The van der Waals surface area contributed by atoms with Crippen LogP contribution in [0.25, 0.3) is 0 Å². The van der Waals surface area contributed by atoms with E-state index in [1.165, 1.54) is 116 Å². The maximum absolute atomic E-state index is 12.3. The fraction of sp³-hybridized carbons (Fsp3) is 0.919. The standard InChI is InChI=1S/C37H74NO7P/c1-3-5-7-9-10-11-12-13-14-15-16-17-18-19-20-21-22-23-24-25-27-29-32-42-34-36(35-44-46(40,41)43-33-31-38)45-37(39)30-28-26-8-6-4-2/h15-16,36H,3-14,17-35,38H2,1-2H3,(H,40,41)/b16-15-. The van der Waals surface area contributed by atoms with Crippen LogP contribution in [0.1, 0.15) is 181 Å². The summed E-state index contributed by atoms with van der Waals surface area (Å²) >= 11 is 0. The molecule has 0 spiro atoms. The van der Waals surface area contributed by atoms with Gasteiger partial charge in [0.2, 0.25) is 0 Å². The first-order valence-corrected chi connectivity index (χ1v) is 20.7. The molecule has 46 heavy (non-hydrogen) atoms. The van der Waals surface area contributed by atoms with Gasteiger partial charge in [0.15, 0.2) is 0 Å². The Bertz CT molecular complexity index is 722. The Labute approximate surface area is 283 Å². The number of allylic oxidation sites excluding steroid dienone is 2. The Hall–Kier alpha value is -0.760. The number of carbonyl (C=O) groups excluding carboxylic acids is 1. The third-order valence-corrected chi connectivity index (χ3v) is 9.17. The van der Waals surface area contributed by atoms with Crippen molar-refractivity contribution in [1.29, 1.82) is 0 Å². The molecular formula is C37H74NO7P. The minimum absolute atomic E-state index is 0.0934. The van der Waals surface area contributed by atoms with Crippen LogP contribution in [0.4, 0.5) is 0 Å². The molecule has 0 amide bonds. The van der Waals surface area contributed by atoms with Gasteiger partial charge in [-0.1, -0.05) is 148 Å². The van der Waals surface area contributed by atoms with Gasteiger partial charge in [-0.25, -0.2) is 4.57 Å². The summed E-state index contributed by atoms with van der Waals surface area (Å²) in [7, 11) is -4.25. The molecule has 0 aliphatic heterocycles. The zero-order chi connectivity index (χ0) is 33.8. The smallest absolute Gasteiger partial charge is 0.457 e. The fourth-order valence-corrected chi connectivity index (χ4v) is 6.11. The predicted octanol–water partition coefficient (Wildman–Crippen LogP) is 10.7. The van der Waals surface area contributed by atoms with Crippen molar-refractivity contribution in [2.45, 2.75) is 187 Å². The van der Waals surface area contributed by atoms with Crippen molar-refractivity contribution >= 4 is 13.8 Å². The number of phosphoric acid groups is 1. The minimum Gasteiger partial charge on any atom is -0.457 e. The lowest BCUT2D eigenvalue weighted by molar-refractivity contribution is -0.154. The summed E-state index contributed by atoms with van der Waals surface area (Å²) in [5.74, 6) is -0.342. The summed E-state index contributed by atoms with van der Waals surface area (Å²) in [6, 6.07) is 0. The summed E-state index contributed by atoms with van der Waals surface area (Å²) in [6.07, 6.45) is 35.6. The molecule has 9 heteroatoms. The van der Waals surface area contributed by atoms with Crippen LogP contribution in [0.3, 0.4) is 0 Å². The van der Waals surface area contributed by atoms with Crippen molar-refractivity contribution in [3.8, 4) is 0 Å². The van der Waals surface area contributed by atoms with Crippen molar-refractivity contribution in [2.75, 3.05) is 33.0 Å². The Balaban J connectivity index is 3.80. The number of carbonyl (C=O) groups is 1. The number of esters is 1. The maximum atomic E-state index is 12.3. The normalized spacial score (nSPS) is 13.7. The van der Waals surface area contributed by atoms with Crippen LogP contribution in [0, 0.1) is 0 Å². The first kappa shape index (κ1) is 45.2. The first-order valence-electron chi connectivity index (χ1n) is 19.2. The highest BCUT2D eigenvalue weighted by atomic mass is 31.2. The topological polar surface area (TPSA) is 117 Å². The zero-order valence-corrected chi connectivity index (χ0v) is 31.0. The molecule has 2 unspecified atom stereocenters. The number of nitrogens with two attached hydrogens (primary N) is 1. The second-order valence-electron chi connectivity index (χ2n) is 12.8. The van der Waals surface area contributed by atoms with Gasteiger partial charge in [-0.2, -0.15) is 0 Å². The van der Waals surface area contributed by atoms with Crippen LogP contribution in [0.15, 0.2) is 12.2 Å². The van der Waals surface area contributed by atoms with E-state index in [0.717, 1.165) is 44.9 Å². The van der Waals surface area contributed by atoms with Crippen molar-refractivity contribution in [1.82, 2.24) is 0 Å². The van der Waals surface area contributed by atoms with E-state index < -0.39 is 13.9 Å². The molecule has 3 N–H and O–H groups in total. The fourth-order valence-electron chi connectivity index (χ4n) is 5.34.